The number of morpholine rings is 1. The summed E-state index contributed by atoms with van der Waals surface area (Å²) in [5.74, 6) is 1.99. The van der Waals surface area contributed by atoms with Gasteiger partial charge >= 0.3 is 0 Å². The van der Waals surface area contributed by atoms with E-state index in [4.69, 9.17) is 30.5 Å². The number of rotatable bonds is 11. The smallest absolute Gasteiger partial charge is 0.241 e. The number of aromatic nitrogens is 2. The third kappa shape index (κ3) is 7.04. The van der Waals surface area contributed by atoms with Crippen LogP contribution in [0, 0.1) is 0 Å². The summed E-state index contributed by atoms with van der Waals surface area (Å²) in [6, 6.07) is 9.82. The third-order valence-electron chi connectivity index (χ3n) is 7.48. The molecule has 1 saturated heterocycles. The molecule has 1 amide bonds. The number of methoxy groups -OCH3 is 3. The van der Waals surface area contributed by atoms with E-state index >= 15 is 0 Å². The number of fused-ring (bicyclic) bond motifs is 1. The number of likely N-dealkylation sites (N-methyl/N-ethyl adjacent to an activating group) is 1. The molecule has 0 unspecified atom stereocenters. The van der Waals surface area contributed by atoms with Gasteiger partial charge < -0.3 is 39.4 Å². The average Bonchev–Trinajstić information content (AvgIpc) is 3.16. The average molecular weight is 612 g/mol. The molecule has 0 radical (unpaired) electrons. The summed E-state index contributed by atoms with van der Waals surface area (Å²) in [5.41, 5.74) is 4.19. The summed E-state index contributed by atoms with van der Waals surface area (Å²) in [6.07, 6.45) is 1.53. The van der Waals surface area contributed by atoms with Crippen LogP contribution in [0.3, 0.4) is 0 Å². The molecule has 1 fully saturated rings. The van der Waals surface area contributed by atoms with Gasteiger partial charge in [0.05, 0.1) is 63.8 Å². The zero-order valence-corrected chi connectivity index (χ0v) is 25.7. The number of anilines is 6. The number of benzene rings is 2. The fourth-order valence-electron chi connectivity index (χ4n) is 5.25. The van der Waals surface area contributed by atoms with Crippen molar-refractivity contribution in [1.82, 2.24) is 14.9 Å². The van der Waals surface area contributed by atoms with Crippen LogP contribution < -0.4 is 29.9 Å². The zero-order chi connectivity index (χ0) is 30.3. The van der Waals surface area contributed by atoms with Crippen LogP contribution in [-0.2, 0) is 20.8 Å². The van der Waals surface area contributed by atoms with E-state index in [-0.39, 0.29) is 5.91 Å². The van der Waals surface area contributed by atoms with E-state index in [1.807, 2.05) is 37.3 Å². The molecule has 230 valence electrons. The second-order valence-electron chi connectivity index (χ2n) is 10.1. The van der Waals surface area contributed by atoms with E-state index in [0.717, 1.165) is 30.0 Å². The van der Waals surface area contributed by atoms with Crippen molar-refractivity contribution >= 4 is 52.0 Å². The second kappa shape index (κ2) is 14.1. The number of carbonyl (C=O) groups excluding carboxylic acids is 1. The molecule has 2 aliphatic rings. The van der Waals surface area contributed by atoms with Crippen molar-refractivity contribution in [2.24, 2.45) is 0 Å². The maximum atomic E-state index is 13.2. The number of amides is 1. The summed E-state index contributed by atoms with van der Waals surface area (Å²) in [6.45, 7) is 7.64. The normalized spacial score (nSPS) is 15.6. The van der Waals surface area contributed by atoms with Gasteiger partial charge in [0, 0.05) is 51.6 Å². The highest BCUT2D eigenvalue weighted by Crippen LogP contribution is 2.38. The summed E-state index contributed by atoms with van der Waals surface area (Å²) in [7, 11) is 4.90. The molecule has 0 atom stereocenters. The van der Waals surface area contributed by atoms with Crippen molar-refractivity contribution in [1.29, 1.82) is 0 Å². The monoisotopic (exact) mass is 611 g/mol. The first-order valence-electron chi connectivity index (χ1n) is 14.2. The van der Waals surface area contributed by atoms with Gasteiger partial charge in [-0.3, -0.25) is 9.69 Å². The Morgan fingerprint density at radius 1 is 1.00 bits per heavy atom. The lowest BCUT2D eigenvalue weighted by Crippen LogP contribution is -2.38. The fraction of sp³-hybridized carbons (Fsp3) is 0.433. The van der Waals surface area contributed by atoms with E-state index in [1.165, 1.54) is 6.20 Å². The van der Waals surface area contributed by atoms with Crippen molar-refractivity contribution < 1.29 is 23.7 Å². The molecule has 2 N–H and O–H groups in total. The van der Waals surface area contributed by atoms with Gasteiger partial charge in [-0.05, 0) is 36.8 Å². The highest BCUT2D eigenvalue weighted by atomic mass is 35.5. The molecule has 5 rings (SSSR count). The molecule has 13 heteroatoms. The SMILES string of the molecule is CCN1C(=O)CN(CCOC)Cc2cc(OC)c(Nc3ncc(Cl)c(Nc4ccc(N5CCOCC5)cc4OC)n3)cc21. The molecule has 2 aliphatic heterocycles. The topological polar surface area (TPSA) is 114 Å². The van der Waals surface area contributed by atoms with E-state index in [9.17, 15) is 4.79 Å². The quantitative estimate of drug-likeness (QED) is 0.324. The molecule has 3 aromatic rings. The van der Waals surface area contributed by atoms with Crippen LogP contribution in [0.2, 0.25) is 5.02 Å². The Bertz CT molecular complexity index is 1440. The van der Waals surface area contributed by atoms with Crippen LogP contribution in [0.15, 0.2) is 36.5 Å². The largest absolute Gasteiger partial charge is 0.495 e. The summed E-state index contributed by atoms with van der Waals surface area (Å²) < 4.78 is 22.2. The van der Waals surface area contributed by atoms with Crippen molar-refractivity contribution in [3.05, 3.63) is 47.1 Å². The minimum atomic E-state index is 0.0243. The van der Waals surface area contributed by atoms with Gasteiger partial charge in [-0.2, -0.15) is 4.98 Å². The minimum Gasteiger partial charge on any atom is -0.495 e. The van der Waals surface area contributed by atoms with E-state index in [1.54, 1.807) is 26.2 Å². The minimum absolute atomic E-state index is 0.0243. The number of nitrogens with one attached hydrogen (secondary N) is 2. The molecule has 1 aromatic heterocycles. The maximum absolute atomic E-state index is 13.2. The predicted octanol–water partition coefficient (Wildman–Crippen LogP) is 4.29. The standard InChI is InChI=1S/C30H38ClN7O5/c1-5-38-25-16-24(26(41-3)14-20(25)18-36(8-11-40-2)19-28(38)39)34-30-32-17-22(31)29(35-30)33-23-7-6-21(15-27(23)42-4)37-9-12-43-13-10-37/h6-7,14-17H,5,8-13,18-19H2,1-4H3,(H2,32,33,34,35). The lowest BCUT2D eigenvalue weighted by molar-refractivity contribution is -0.119. The number of nitrogens with zero attached hydrogens (tertiary/aromatic N) is 5. The predicted molar refractivity (Wildman–Crippen MR) is 168 cm³/mol. The lowest BCUT2D eigenvalue weighted by Gasteiger charge is -2.29. The number of halogens is 1. The Labute approximate surface area is 256 Å². The highest BCUT2D eigenvalue weighted by molar-refractivity contribution is 6.33. The molecule has 12 nitrogen and oxygen atoms in total. The number of hydrogen-bond donors (Lipinski definition) is 2. The summed E-state index contributed by atoms with van der Waals surface area (Å²) in [5, 5.41) is 6.90. The van der Waals surface area contributed by atoms with Crippen LogP contribution >= 0.6 is 11.6 Å². The lowest BCUT2D eigenvalue weighted by atomic mass is 10.1. The van der Waals surface area contributed by atoms with Gasteiger partial charge in [0.1, 0.15) is 16.5 Å². The zero-order valence-electron chi connectivity index (χ0n) is 25.0. The first-order chi connectivity index (χ1) is 20.9. The van der Waals surface area contributed by atoms with Crippen LogP contribution in [0.1, 0.15) is 12.5 Å². The van der Waals surface area contributed by atoms with E-state index in [2.05, 4.69) is 30.4 Å². The molecule has 2 aromatic carbocycles. The Kier molecular flexibility index (Phi) is 10.0. The van der Waals surface area contributed by atoms with Crippen molar-refractivity contribution in [2.75, 3.05) is 94.3 Å². The molecule has 0 aliphatic carbocycles. The summed E-state index contributed by atoms with van der Waals surface area (Å²) in [4.78, 5) is 28.3. The van der Waals surface area contributed by atoms with Crippen LogP contribution in [0.25, 0.3) is 0 Å². The van der Waals surface area contributed by atoms with Crippen molar-refractivity contribution in [3.63, 3.8) is 0 Å². The Morgan fingerprint density at radius 3 is 2.49 bits per heavy atom. The molecule has 0 saturated carbocycles. The van der Waals surface area contributed by atoms with Crippen molar-refractivity contribution in [2.45, 2.75) is 13.5 Å². The van der Waals surface area contributed by atoms with Crippen LogP contribution in [-0.4, -0.2) is 94.6 Å². The molecule has 0 spiro atoms. The number of ether oxygens (including phenoxy) is 4. The molecule has 43 heavy (non-hydrogen) atoms. The Hall–Kier alpha value is -3.84. The third-order valence-corrected chi connectivity index (χ3v) is 7.75. The van der Waals surface area contributed by atoms with Crippen LogP contribution in [0.4, 0.5) is 34.5 Å². The Morgan fingerprint density at radius 2 is 1.77 bits per heavy atom. The second-order valence-corrected chi connectivity index (χ2v) is 10.6. The van der Waals surface area contributed by atoms with E-state index < -0.39 is 0 Å². The first kappa shape index (κ1) is 30.6. The molecule has 0 bridgehead atoms. The van der Waals surface area contributed by atoms with Crippen LogP contribution in [0.5, 0.6) is 11.5 Å². The molecular formula is C30H38ClN7O5. The molecular weight excluding hydrogens is 574 g/mol. The first-order valence-corrected chi connectivity index (χ1v) is 14.6. The highest BCUT2D eigenvalue weighted by Gasteiger charge is 2.27. The Balaban J connectivity index is 1.41. The van der Waals surface area contributed by atoms with Crippen molar-refractivity contribution in [3.8, 4) is 11.5 Å². The number of hydrogen-bond acceptors (Lipinski definition) is 11. The number of carbonyl (C=O) groups is 1. The fourth-order valence-corrected chi connectivity index (χ4v) is 5.39. The maximum Gasteiger partial charge on any atom is 0.241 e. The van der Waals surface area contributed by atoms with Gasteiger partial charge in [-0.15, -0.1) is 0 Å². The summed E-state index contributed by atoms with van der Waals surface area (Å²) >= 11 is 6.51. The van der Waals surface area contributed by atoms with Gasteiger partial charge in [0.2, 0.25) is 11.9 Å². The van der Waals surface area contributed by atoms with Gasteiger partial charge in [0.15, 0.2) is 5.82 Å². The molecule has 3 heterocycles. The van der Waals surface area contributed by atoms with E-state index in [0.29, 0.717) is 85.7 Å². The van der Waals surface area contributed by atoms with Gasteiger partial charge in [-0.1, -0.05) is 11.6 Å². The van der Waals surface area contributed by atoms with Gasteiger partial charge in [-0.25, -0.2) is 4.98 Å². The van der Waals surface area contributed by atoms with Gasteiger partial charge in [0.25, 0.3) is 0 Å².